The van der Waals surface area contributed by atoms with Crippen molar-refractivity contribution in [1.29, 1.82) is 0 Å². The second kappa shape index (κ2) is 9.31. The van der Waals surface area contributed by atoms with E-state index in [1.54, 1.807) is 0 Å². The first-order chi connectivity index (χ1) is 14.2. The zero-order chi connectivity index (χ0) is 21.8. The van der Waals surface area contributed by atoms with Crippen LogP contribution in [-0.2, 0) is 20.0 Å². The minimum absolute atomic E-state index is 0.0209. The Labute approximate surface area is 180 Å². The number of nitrogens with one attached hydrogen (secondary N) is 1. The Hall–Kier alpha value is -2.18. The molecule has 3 rings (SSSR count). The summed E-state index contributed by atoms with van der Waals surface area (Å²) in [6, 6.07) is 19.4. The van der Waals surface area contributed by atoms with Crippen molar-refractivity contribution in [3.63, 3.8) is 0 Å². The minimum atomic E-state index is -3.01. The Morgan fingerprint density at radius 1 is 1.00 bits per heavy atom. The molecule has 162 valence electrons. The quantitative estimate of drug-likeness (QED) is 0.735. The van der Waals surface area contributed by atoms with Gasteiger partial charge in [0.25, 0.3) is 0 Å². The molecular weight excluding hydrogens is 396 g/mol. The Kier molecular flexibility index (Phi) is 6.98. The zero-order valence-corrected chi connectivity index (χ0v) is 18.9. The molecule has 2 unspecified atom stereocenters. The lowest BCUT2D eigenvalue weighted by atomic mass is 9.79. The van der Waals surface area contributed by atoms with E-state index in [2.05, 4.69) is 31.3 Å². The summed E-state index contributed by atoms with van der Waals surface area (Å²) in [5.74, 6) is 0.122. The molecule has 0 aliphatic carbocycles. The fraction of sp³-hybridized carbons (Fsp3) is 0.458. The van der Waals surface area contributed by atoms with E-state index in [0.717, 1.165) is 12.0 Å². The number of carbonyl (C=O) groups excluding carboxylic acids is 1. The van der Waals surface area contributed by atoms with Crippen LogP contribution in [0.2, 0.25) is 0 Å². The van der Waals surface area contributed by atoms with Crippen LogP contribution in [0.15, 0.2) is 60.7 Å². The van der Waals surface area contributed by atoms with Crippen molar-refractivity contribution in [2.75, 3.05) is 24.6 Å². The van der Waals surface area contributed by atoms with E-state index in [1.165, 1.54) is 5.56 Å². The molecule has 6 heteroatoms. The van der Waals surface area contributed by atoms with Gasteiger partial charge in [-0.1, -0.05) is 74.5 Å². The van der Waals surface area contributed by atoms with E-state index in [1.807, 2.05) is 60.4 Å². The van der Waals surface area contributed by atoms with Crippen molar-refractivity contribution in [2.45, 2.75) is 44.7 Å². The molecule has 0 spiro atoms. The van der Waals surface area contributed by atoms with Gasteiger partial charge in [0.15, 0.2) is 9.84 Å². The second-order valence-corrected chi connectivity index (χ2v) is 11.2. The van der Waals surface area contributed by atoms with Crippen molar-refractivity contribution in [2.24, 2.45) is 0 Å². The molecule has 0 saturated carbocycles. The molecule has 30 heavy (non-hydrogen) atoms. The Bertz CT molecular complexity index is 929. The first kappa shape index (κ1) is 22.5. The summed E-state index contributed by atoms with van der Waals surface area (Å²) in [4.78, 5) is 15.3. The molecule has 1 amide bonds. The van der Waals surface area contributed by atoms with Gasteiger partial charge in [0.1, 0.15) is 6.04 Å². The van der Waals surface area contributed by atoms with Gasteiger partial charge in [-0.25, -0.2) is 8.42 Å². The molecule has 2 aromatic carbocycles. The predicted octanol–water partition coefficient (Wildman–Crippen LogP) is 3.33. The molecule has 1 heterocycles. The smallest absolute Gasteiger partial charge is 0.242 e. The third-order valence-electron chi connectivity index (χ3n) is 5.87. The minimum Gasteiger partial charge on any atom is -0.352 e. The monoisotopic (exact) mass is 428 g/mol. The molecule has 2 atom stereocenters. The normalized spacial score (nSPS) is 19.0. The van der Waals surface area contributed by atoms with Gasteiger partial charge in [0.05, 0.1) is 11.5 Å². The summed E-state index contributed by atoms with van der Waals surface area (Å²) in [5, 5.41) is 3.19. The first-order valence-corrected chi connectivity index (χ1v) is 12.4. The van der Waals surface area contributed by atoms with E-state index in [4.69, 9.17) is 0 Å². The number of benzene rings is 2. The van der Waals surface area contributed by atoms with Crippen molar-refractivity contribution >= 4 is 15.7 Å². The molecule has 1 aliphatic rings. The number of nitrogens with zero attached hydrogens (tertiary/aromatic N) is 1. The first-order valence-electron chi connectivity index (χ1n) is 10.5. The molecule has 5 nitrogen and oxygen atoms in total. The number of carbonyl (C=O) groups is 1. The van der Waals surface area contributed by atoms with E-state index < -0.39 is 15.9 Å². The van der Waals surface area contributed by atoms with Gasteiger partial charge in [0.2, 0.25) is 5.91 Å². The highest BCUT2D eigenvalue weighted by atomic mass is 32.2. The Morgan fingerprint density at radius 2 is 1.53 bits per heavy atom. The third kappa shape index (κ3) is 5.70. The molecule has 0 radical (unpaired) electrons. The number of rotatable bonds is 7. The molecule has 0 aromatic heterocycles. The molecule has 1 fully saturated rings. The second-order valence-electron chi connectivity index (χ2n) is 8.86. The van der Waals surface area contributed by atoms with Gasteiger partial charge < -0.3 is 5.32 Å². The standard InChI is InChI=1S/C24H32N2O3S/c1-19(18-24(2,3)21-12-8-5-9-13-21)25-23(27)22(20-10-6-4-7-11-20)26-14-16-30(28,29)17-15-26/h4-13,19,22H,14-18H2,1-3H3,(H,25,27). The Morgan fingerprint density at radius 3 is 2.10 bits per heavy atom. The maximum atomic E-state index is 13.3. The van der Waals surface area contributed by atoms with Crippen molar-refractivity contribution in [3.05, 3.63) is 71.8 Å². The number of amides is 1. The number of hydrogen-bond acceptors (Lipinski definition) is 4. The molecule has 2 aromatic rings. The van der Waals surface area contributed by atoms with Crippen LogP contribution in [0.5, 0.6) is 0 Å². The molecule has 1 saturated heterocycles. The van der Waals surface area contributed by atoms with Crippen molar-refractivity contribution in [3.8, 4) is 0 Å². The fourth-order valence-electron chi connectivity index (χ4n) is 4.29. The summed E-state index contributed by atoms with van der Waals surface area (Å²) in [6.07, 6.45) is 0.804. The maximum absolute atomic E-state index is 13.3. The summed E-state index contributed by atoms with van der Waals surface area (Å²) < 4.78 is 23.7. The fourth-order valence-corrected chi connectivity index (χ4v) is 5.52. The van der Waals surface area contributed by atoms with Crippen LogP contribution >= 0.6 is 0 Å². The van der Waals surface area contributed by atoms with E-state index >= 15 is 0 Å². The highest BCUT2D eigenvalue weighted by Crippen LogP contribution is 2.29. The number of sulfone groups is 1. The van der Waals surface area contributed by atoms with Crippen LogP contribution in [0.1, 0.15) is 44.4 Å². The van der Waals surface area contributed by atoms with Crippen LogP contribution in [-0.4, -0.2) is 49.9 Å². The Balaban J connectivity index is 1.73. The van der Waals surface area contributed by atoms with Crippen LogP contribution in [0, 0.1) is 0 Å². The van der Waals surface area contributed by atoms with E-state index in [-0.39, 0.29) is 28.9 Å². The van der Waals surface area contributed by atoms with Crippen LogP contribution in [0.25, 0.3) is 0 Å². The summed E-state index contributed by atoms with van der Waals surface area (Å²) >= 11 is 0. The van der Waals surface area contributed by atoms with Crippen molar-refractivity contribution < 1.29 is 13.2 Å². The van der Waals surface area contributed by atoms with E-state index in [9.17, 15) is 13.2 Å². The lowest BCUT2D eigenvalue weighted by Gasteiger charge is -2.35. The van der Waals surface area contributed by atoms with Crippen molar-refractivity contribution in [1.82, 2.24) is 10.2 Å². The van der Waals surface area contributed by atoms with Gasteiger partial charge >= 0.3 is 0 Å². The molecule has 1 aliphatic heterocycles. The van der Waals surface area contributed by atoms with Gasteiger partial charge in [-0.3, -0.25) is 9.69 Å². The van der Waals surface area contributed by atoms with Gasteiger partial charge in [0, 0.05) is 19.1 Å². The summed E-state index contributed by atoms with van der Waals surface area (Å²) in [6.45, 7) is 7.16. The third-order valence-corrected chi connectivity index (χ3v) is 7.48. The molecule has 0 bridgehead atoms. The van der Waals surface area contributed by atoms with Crippen LogP contribution in [0.3, 0.4) is 0 Å². The van der Waals surface area contributed by atoms with Gasteiger partial charge in [-0.05, 0) is 29.9 Å². The predicted molar refractivity (Wildman–Crippen MR) is 121 cm³/mol. The highest BCUT2D eigenvalue weighted by molar-refractivity contribution is 7.91. The average molecular weight is 429 g/mol. The average Bonchev–Trinajstić information content (AvgIpc) is 2.70. The molecule has 1 N–H and O–H groups in total. The van der Waals surface area contributed by atoms with Gasteiger partial charge in [-0.2, -0.15) is 0 Å². The topological polar surface area (TPSA) is 66.5 Å². The zero-order valence-electron chi connectivity index (χ0n) is 18.0. The van der Waals surface area contributed by atoms with E-state index in [0.29, 0.717) is 13.1 Å². The lowest BCUT2D eigenvalue weighted by Crippen LogP contribution is -2.49. The molecular formula is C24H32N2O3S. The van der Waals surface area contributed by atoms with Gasteiger partial charge in [-0.15, -0.1) is 0 Å². The van der Waals surface area contributed by atoms with Crippen LogP contribution in [0.4, 0.5) is 0 Å². The summed E-state index contributed by atoms with van der Waals surface area (Å²) in [5.41, 5.74) is 2.06. The number of hydrogen-bond donors (Lipinski definition) is 1. The lowest BCUT2D eigenvalue weighted by molar-refractivity contribution is -0.127. The summed E-state index contributed by atoms with van der Waals surface area (Å²) in [7, 11) is -3.01. The maximum Gasteiger partial charge on any atom is 0.242 e. The highest BCUT2D eigenvalue weighted by Gasteiger charge is 2.33. The van der Waals surface area contributed by atoms with Crippen LogP contribution < -0.4 is 5.32 Å². The largest absolute Gasteiger partial charge is 0.352 e. The SMILES string of the molecule is CC(CC(C)(C)c1ccccc1)NC(=O)C(c1ccccc1)N1CCS(=O)(=O)CC1.